The minimum Gasteiger partial charge on any atom is -0.460 e. The number of ether oxygens (including phenoxy) is 1. The van der Waals surface area contributed by atoms with Crippen molar-refractivity contribution in [3.63, 3.8) is 0 Å². The predicted molar refractivity (Wildman–Crippen MR) is 96.4 cm³/mol. The highest BCUT2D eigenvalue weighted by atomic mass is 35.5. The molecule has 2 unspecified atom stereocenters. The first-order valence-corrected chi connectivity index (χ1v) is 9.02. The molecule has 0 aromatic carbocycles. The monoisotopic (exact) mass is 348 g/mol. The molecule has 0 amide bonds. The molecule has 0 spiro atoms. The molecule has 0 saturated heterocycles. The maximum atomic E-state index is 11.4. The van der Waals surface area contributed by atoms with Crippen LogP contribution in [0.25, 0.3) is 0 Å². The Labute approximate surface area is 145 Å². The van der Waals surface area contributed by atoms with Gasteiger partial charge in [-0.2, -0.15) is 0 Å². The standard InChI is InChI=1S/C18H30Cl2O2/c1-5-14(2)8-6-9-15(3)10-7-11-16(4)12-18(21)22-13-17(19)20/h7,11-12,14-15,17H,5-6,8-10,13H2,1-4H3. The zero-order valence-corrected chi connectivity index (χ0v) is 15.8. The predicted octanol–water partition coefficient (Wildman–Crippen LogP) is 6.08. The van der Waals surface area contributed by atoms with Gasteiger partial charge in [-0.3, -0.25) is 0 Å². The minimum absolute atomic E-state index is 0.0165. The highest BCUT2D eigenvalue weighted by Crippen LogP contribution is 2.17. The van der Waals surface area contributed by atoms with Gasteiger partial charge in [-0.05, 0) is 30.8 Å². The fourth-order valence-corrected chi connectivity index (χ4v) is 2.17. The van der Waals surface area contributed by atoms with Crippen molar-refractivity contribution in [1.82, 2.24) is 0 Å². The molecule has 0 aromatic rings. The van der Waals surface area contributed by atoms with E-state index in [2.05, 4.69) is 26.8 Å². The lowest BCUT2D eigenvalue weighted by atomic mass is 9.95. The molecule has 0 aliphatic heterocycles. The topological polar surface area (TPSA) is 26.3 Å². The second-order valence-electron chi connectivity index (χ2n) is 6.10. The average molecular weight is 349 g/mol. The van der Waals surface area contributed by atoms with Crippen LogP contribution < -0.4 is 0 Å². The van der Waals surface area contributed by atoms with Crippen LogP contribution in [0.2, 0.25) is 0 Å². The van der Waals surface area contributed by atoms with Crippen molar-refractivity contribution < 1.29 is 9.53 Å². The summed E-state index contributed by atoms with van der Waals surface area (Å²) in [4.78, 5) is 10.8. The van der Waals surface area contributed by atoms with Crippen molar-refractivity contribution in [2.75, 3.05) is 6.61 Å². The van der Waals surface area contributed by atoms with Gasteiger partial charge >= 0.3 is 5.97 Å². The smallest absolute Gasteiger partial charge is 0.331 e. The molecule has 0 fully saturated rings. The van der Waals surface area contributed by atoms with Crippen LogP contribution in [0.1, 0.15) is 59.8 Å². The van der Waals surface area contributed by atoms with E-state index in [1.807, 2.05) is 13.0 Å². The van der Waals surface area contributed by atoms with Crippen LogP contribution in [-0.2, 0) is 9.53 Å². The Balaban J connectivity index is 3.96. The second kappa shape index (κ2) is 13.0. The van der Waals surface area contributed by atoms with E-state index in [1.165, 1.54) is 31.8 Å². The van der Waals surface area contributed by atoms with E-state index in [-0.39, 0.29) is 6.61 Å². The molecular weight excluding hydrogens is 319 g/mol. The first kappa shape index (κ1) is 21.5. The number of rotatable bonds is 11. The Morgan fingerprint density at radius 1 is 1.18 bits per heavy atom. The summed E-state index contributed by atoms with van der Waals surface area (Å²) in [5.74, 6) is 1.10. The molecule has 0 bridgehead atoms. The number of esters is 1. The largest absolute Gasteiger partial charge is 0.460 e. The number of halogens is 2. The van der Waals surface area contributed by atoms with Gasteiger partial charge in [-0.25, -0.2) is 4.79 Å². The van der Waals surface area contributed by atoms with Gasteiger partial charge in [0.25, 0.3) is 0 Å². The molecule has 0 aliphatic rings. The second-order valence-corrected chi connectivity index (χ2v) is 7.37. The van der Waals surface area contributed by atoms with E-state index in [1.54, 1.807) is 0 Å². The van der Waals surface area contributed by atoms with Gasteiger partial charge in [0.15, 0.2) is 0 Å². The third kappa shape index (κ3) is 13.2. The van der Waals surface area contributed by atoms with Gasteiger partial charge in [0.1, 0.15) is 11.4 Å². The zero-order chi connectivity index (χ0) is 17.0. The van der Waals surface area contributed by atoms with Crippen molar-refractivity contribution in [3.05, 3.63) is 23.8 Å². The number of carbonyl (C=O) groups excluding carboxylic acids is 1. The number of alkyl halides is 2. The fourth-order valence-electron chi connectivity index (χ4n) is 2.04. The van der Waals surface area contributed by atoms with E-state index < -0.39 is 10.8 Å². The molecular formula is C18H30Cl2O2. The van der Waals surface area contributed by atoms with E-state index in [9.17, 15) is 4.79 Å². The van der Waals surface area contributed by atoms with Gasteiger partial charge in [-0.15, -0.1) is 23.2 Å². The number of hydrogen-bond donors (Lipinski definition) is 0. The molecule has 0 radical (unpaired) electrons. The summed E-state index contributed by atoms with van der Waals surface area (Å²) in [7, 11) is 0. The lowest BCUT2D eigenvalue weighted by Gasteiger charge is -2.11. The first-order chi connectivity index (χ1) is 10.3. The van der Waals surface area contributed by atoms with Crippen LogP contribution in [0.15, 0.2) is 23.8 Å². The number of allylic oxidation sites excluding steroid dienone is 3. The molecule has 0 N–H and O–H groups in total. The van der Waals surface area contributed by atoms with E-state index in [0.29, 0.717) is 5.92 Å². The number of carbonyl (C=O) groups is 1. The third-order valence-electron chi connectivity index (χ3n) is 3.71. The lowest BCUT2D eigenvalue weighted by Crippen LogP contribution is -2.07. The summed E-state index contributed by atoms with van der Waals surface area (Å²) >= 11 is 11.0. The van der Waals surface area contributed by atoms with E-state index in [4.69, 9.17) is 27.9 Å². The van der Waals surface area contributed by atoms with Gasteiger partial charge < -0.3 is 4.74 Å². The Hall–Kier alpha value is -0.470. The number of hydrogen-bond acceptors (Lipinski definition) is 2. The summed E-state index contributed by atoms with van der Waals surface area (Å²) in [5, 5.41) is 0. The van der Waals surface area contributed by atoms with Gasteiger partial charge in [0.05, 0.1) is 0 Å². The summed E-state index contributed by atoms with van der Waals surface area (Å²) in [6.07, 6.45) is 11.7. The van der Waals surface area contributed by atoms with Crippen LogP contribution in [-0.4, -0.2) is 17.4 Å². The summed E-state index contributed by atoms with van der Waals surface area (Å²) in [5.41, 5.74) is 0.873. The van der Waals surface area contributed by atoms with Crippen LogP contribution in [0.5, 0.6) is 0 Å². The van der Waals surface area contributed by atoms with Crippen molar-refractivity contribution in [1.29, 1.82) is 0 Å². The van der Waals surface area contributed by atoms with Crippen LogP contribution >= 0.6 is 23.2 Å². The first-order valence-electron chi connectivity index (χ1n) is 8.14. The molecule has 0 rings (SSSR count). The average Bonchev–Trinajstić information content (AvgIpc) is 2.44. The normalized spacial score (nSPS) is 15.3. The Bertz CT molecular complexity index is 362. The quantitative estimate of drug-likeness (QED) is 0.196. The van der Waals surface area contributed by atoms with Crippen molar-refractivity contribution >= 4 is 29.2 Å². The Morgan fingerprint density at radius 2 is 1.82 bits per heavy atom. The Kier molecular flexibility index (Phi) is 12.7. The highest BCUT2D eigenvalue weighted by molar-refractivity contribution is 6.44. The molecule has 22 heavy (non-hydrogen) atoms. The van der Waals surface area contributed by atoms with Gasteiger partial charge in [-0.1, -0.05) is 58.6 Å². The lowest BCUT2D eigenvalue weighted by molar-refractivity contribution is -0.137. The third-order valence-corrected chi connectivity index (χ3v) is 3.96. The fraction of sp³-hybridized carbons (Fsp3) is 0.722. The van der Waals surface area contributed by atoms with Crippen LogP contribution in [0, 0.1) is 11.8 Å². The van der Waals surface area contributed by atoms with E-state index >= 15 is 0 Å². The molecule has 0 heterocycles. The summed E-state index contributed by atoms with van der Waals surface area (Å²) in [6.45, 7) is 8.73. The SMILES string of the molecule is CCC(C)CCCC(C)CC=CC(C)=CC(=O)OCC(Cl)Cl. The van der Waals surface area contributed by atoms with Gasteiger partial charge in [0, 0.05) is 6.08 Å². The van der Waals surface area contributed by atoms with Crippen molar-refractivity contribution in [3.8, 4) is 0 Å². The maximum absolute atomic E-state index is 11.4. The minimum atomic E-state index is -0.676. The van der Waals surface area contributed by atoms with E-state index in [0.717, 1.165) is 17.9 Å². The molecule has 4 heteroatoms. The maximum Gasteiger partial charge on any atom is 0.331 e. The van der Waals surface area contributed by atoms with Gasteiger partial charge in [0.2, 0.25) is 0 Å². The summed E-state index contributed by atoms with van der Waals surface area (Å²) in [6, 6.07) is 0. The molecule has 2 atom stereocenters. The zero-order valence-electron chi connectivity index (χ0n) is 14.3. The highest BCUT2D eigenvalue weighted by Gasteiger charge is 2.04. The van der Waals surface area contributed by atoms with Crippen molar-refractivity contribution in [2.24, 2.45) is 11.8 Å². The van der Waals surface area contributed by atoms with Crippen LogP contribution in [0.3, 0.4) is 0 Å². The Morgan fingerprint density at radius 3 is 2.41 bits per heavy atom. The van der Waals surface area contributed by atoms with Crippen LogP contribution in [0.4, 0.5) is 0 Å². The molecule has 0 aliphatic carbocycles. The molecule has 0 aromatic heterocycles. The molecule has 128 valence electrons. The van der Waals surface area contributed by atoms with Crippen molar-refractivity contribution in [2.45, 2.75) is 64.6 Å². The summed E-state index contributed by atoms with van der Waals surface area (Å²) < 4.78 is 4.87. The molecule has 2 nitrogen and oxygen atoms in total. The molecule has 0 saturated carbocycles.